The molecule has 0 saturated carbocycles. The van der Waals surface area contributed by atoms with Crippen LogP contribution in [0, 0.1) is 0 Å². The molecule has 1 amide bonds. The first-order chi connectivity index (χ1) is 15.6. The van der Waals surface area contributed by atoms with Crippen LogP contribution >= 0.6 is 11.3 Å². The number of rotatable bonds is 12. The fraction of sp³-hybridized carbons (Fsp3) is 0.560. The molecule has 2 aromatic rings. The molecule has 1 aliphatic rings. The number of nitrogens with one attached hydrogen (secondary N) is 1. The third-order valence-electron chi connectivity index (χ3n) is 6.24. The maximum absolute atomic E-state index is 12.7. The van der Waals surface area contributed by atoms with E-state index < -0.39 is 0 Å². The predicted molar refractivity (Wildman–Crippen MR) is 132 cm³/mol. The fourth-order valence-electron chi connectivity index (χ4n) is 4.22. The van der Waals surface area contributed by atoms with Crippen molar-refractivity contribution in [1.82, 2.24) is 15.1 Å². The minimum absolute atomic E-state index is 0.00697. The van der Waals surface area contributed by atoms with Crippen molar-refractivity contribution >= 4 is 17.2 Å². The third-order valence-corrected chi connectivity index (χ3v) is 7.37. The van der Waals surface area contributed by atoms with Gasteiger partial charge in [0.15, 0.2) is 11.5 Å². The summed E-state index contributed by atoms with van der Waals surface area (Å²) in [6.07, 6.45) is 2.38. The summed E-state index contributed by atoms with van der Waals surface area (Å²) in [6.45, 7) is 12.9. The van der Waals surface area contributed by atoms with E-state index in [-0.39, 0.29) is 5.91 Å². The van der Waals surface area contributed by atoms with Gasteiger partial charge >= 0.3 is 0 Å². The second kappa shape index (κ2) is 12.2. The van der Waals surface area contributed by atoms with Crippen LogP contribution in [0.2, 0.25) is 0 Å². The molecule has 3 rings (SSSR count). The molecule has 176 valence electrons. The lowest BCUT2D eigenvalue weighted by molar-refractivity contribution is 0.0945. The monoisotopic (exact) mass is 459 g/mol. The highest BCUT2D eigenvalue weighted by atomic mass is 32.1. The van der Waals surface area contributed by atoms with Gasteiger partial charge in [0.1, 0.15) is 6.61 Å². The highest BCUT2D eigenvalue weighted by Gasteiger charge is 2.23. The molecule has 1 fully saturated rings. The van der Waals surface area contributed by atoms with Gasteiger partial charge in [0.25, 0.3) is 5.91 Å². The first-order valence-electron chi connectivity index (χ1n) is 11.7. The van der Waals surface area contributed by atoms with E-state index in [4.69, 9.17) is 9.47 Å². The number of ether oxygens (including phenoxy) is 2. The second-order valence-electron chi connectivity index (χ2n) is 8.04. The van der Waals surface area contributed by atoms with Gasteiger partial charge < -0.3 is 19.7 Å². The lowest BCUT2D eigenvalue weighted by atomic mass is 10.1. The van der Waals surface area contributed by atoms with Gasteiger partial charge in [-0.2, -0.15) is 0 Å². The van der Waals surface area contributed by atoms with E-state index in [1.165, 1.54) is 17.8 Å². The van der Waals surface area contributed by atoms with Crippen molar-refractivity contribution < 1.29 is 14.3 Å². The van der Waals surface area contributed by atoms with Crippen molar-refractivity contribution in [3.63, 3.8) is 0 Å². The minimum atomic E-state index is 0.00697. The number of benzene rings is 1. The molecular weight excluding hydrogens is 422 g/mol. The SMILES string of the molecule is CCN(CC)CCOc1ccc(-c2ccc(C(=O)NC[C@@H]3CCCN3CC)s2)cc1OC. The molecule has 6 nitrogen and oxygen atoms in total. The highest BCUT2D eigenvalue weighted by Crippen LogP contribution is 2.35. The molecule has 7 heteroatoms. The van der Waals surface area contributed by atoms with Gasteiger partial charge in [0.2, 0.25) is 0 Å². The number of carbonyl (C=O) groups excluding carboxylic acids is 1. The Labute approximate surface area is 196 Å². The number of carbonyl (C=O) groups is 1. The van der Waals surface area contributed by atoms with Gasteiger partial charge in [0.05, 0.1) is 12.0 Å². The topological polar surface area (TPSA) is 54.0 Å². The number of methoxy groups -OCH3 is 1. The Morgan fingerprint density at radius 2 is 2.00 bits per heavy atom. The van der Waals surface area contributed by atoms with E-state index in [1.54, 1.807) is 7.11 Å². The van der Waals surface area contributed by atoms with Crippen LogP contribution in [0.1, 0.15) is 43.3 Å². The molecule has 0 unspecified atom stereocenters. The average Bonchev–Trinajstić information content (AvgIpc) is 3.50. The first kappa shape index (κ1) is 24.6. The molecule has 1 aliphatic heterocycles. The van der Waals surface area contributed by atoms with Crippen molar-refractivity contribution in [2.45, 2.75) is 39.7 Å². The molecule has 1 atom stereocenters. The molecular formula is C25H37N3O3S. The van der Waals surface area contributed by atoms with Crippen LogP contribution in [0.3, 0.4) is 0 Å². The maximum Gasteiger partial charge on any atom is 0.261 e. The van der Waals surface area contributed by atoms with E-state index in [9.17, 15) is 4.79 Å². The van der Waals surface area contributed by atoms with Crippen LogP contribution in [0.4, 0.5) is 0 Å². The highest BCUT2D eigenvalue weighted by molar-refractivity contribution is 7.17. The standard InChI is InChI=1S/C25H37N3O3S/c1-5-27(6-2)15-16-31-21-11-10-19(17-22(21)30-4)23-12-13-24(32-23)25(29)26-18-20-9-8-14-28(20)7-3/h10-13,17,20H,5-9,14-16,18H2,1-4H3,(H,26,29)/t20-/m0/s1. The van der Waals surface area contributed by atoms with Gasteiger partial charge in [-0.1, -0.05) is 20.8 Å². The van der Waals surface area contributed by atoms with E-state index in [1.807, 2.05) is 30.3 Å². The van der Waals surface area contributed by atoms with Gasteiger partial charge in [-0.25, -0.2) is 0 Å². The van der Waals surface area contributed by atoms with Crippen LogP contribution < -0.4 is 14.8 Å². The summed E-state index contributed by atoms with van der Waals surface area (Å²) in [6, 6.07) is 10.3. The lowest BCUT2D eigenvalue weighted by Crippen LogP contribution is -2.39. The Kier molecular flexibility index (Phi) is 9.38. The van der Waals surface area contributed by atoms with Crippen LogP contribution in [-0.2, 0) is 0 Å². The van der Waals surface area contributed by atoms with Crippen LogP contribution in [0.25, 0.3) is 10.4 Å². The van der Waals surface area contributed by atoms with E-state index >= 15 is 0 Å². The molecule has 1 N–H and O–H groups in total. The van der Waals surface area contributed by atoms with E-state index in [0.717, 1.165) is 60.2 Å². The van der Waals surface area contributed by atoms with E-state index in [0.29, 0.717) is 24.9 Å². The quantitative estimate of drug-likeness (QED) is 0.511. The smallest absolute Gasteiger partial charge is 0.261 e. The van der Waals surface area contributed by atoms with Crippen molar-refractivity contribution in [3.05, 3.63) is 35.2 Å². The predicted octanol–water partition coefficient (Wildman–Crippen LogP) is 4.36. The number of hydrogen-bond acceptors (Lipinski definition) is 6. The zero-order valence-corrected chi connectivity index (χ0v) is 20.7. The largest absolute Gasteiger partial charge is 0.493 e. The maximum atomic E-state index is 12.7. The summed E-state index contributed by atoms with van der Waals surface area (Å²) in [5, 5.41) is 3.12. The fourth-order valence-corrected chi connectivity index (χ4v) is 5.14. The second-order valence-corrected chi connectivity index (χ2v) is 9.12. The van der Waals surface area contributed by atoms with Gasteiger partial charge in [-0.15, -0.1) is 11.3 Å². The first-order valence-corrected chi connectivity index (χ1v) is 12.6. The Hall–Kier alpha value is -2.09. The Morgan fingerprint density at radius 3 is 2.72 bits per heavy atom. The molecule has 0 spiro atoms. The van der Waals surface area contributed by atoms with Gasteiger partial charge in [-0.05, 0) is 74.9 Å². The molecule has 1 aromatic heterocycles. The minimum Gasteiger partial charge on any atom is -0.493 e. The normalized spacial score (nSPS) is 16.5. The third kappa shape index (κ3) is 6.24. The summed E-state index contributed by atoms with van der Waals surface area (Å²) < 4.78 is 11.5. The number of hydrogen-bond donors (Lipinski definition) is 1. The summed E-state index contributed by atoms with van der Waals surface area (Å²) in [4.78, 5) is 19.2. The Morgan fingerprint density at radius 1 is 1.19 bits per heavy atom. The number of amides is 1. The summed E-state index contributed by atoms with van der Waals surface area (Å²) in [5.41, 5.74) is 1.02. The Bertz CT molecular complexity index is 866. The summed E-state index contributed by atoms with van der Waals surface area (Å²) in [7, 11) is 1.66. The van der Waals surface area contributed by atoms with Crippen LogP contribution in [-0.4, -0.2) is 74.7 Å². The van der Waals surface area contributed by atoms with Crippen molar-refractivity contribution in [3.8, 4) is 21.9 Å². The number of likely N-dealkylation sites (N-methyl/N-ethyl adjacent to an activating group) is 2. The number of thiophene rings is 1. The van der Waals surface area contributed by atoms with E-state index in [2.05, 4.69) is 35.9 Å². The van der Waals surface area contributed by atoms with Crippen molar-refractivity contribution in [1.29, 1.82) is 0 Å². The van der Waals surface area contributed by atoms with Crippen molar-refractivity contribution in [2.24, 2.45) is 0 Å². The van der Waals surface area contributed by atoms with Crippen molar-refractivity contribution in [2.75, 3.05) is 53.0 Å². The van der Waals surface area contributed by atoms with Crippen LogP contribution in [0.5, 0.6) is 11.5 Å². The Balaban J connectivity index is 1.60. The molecule has 0 bridgehead atoms. The molecule has 32 heavy (non-hydrogen) atoms. The number of likely N-dealkylation sites (tertiary alicyclic amines) is 1. The molecule has 0 radical (unpaired) electrons. The molecule has 0 aliphatic carbocycles. The lowest BCUT2D eigenvalue weighted by Gasteiger charge is -2.22. The summed E-state index contributed by atoms with van der Waals surface area (Å²) >= 11 is 1.51. The molecule has 1 aromatic carbocycles. The zero-order valence-electron chi connectivity index (χ0n) is 19.9. The van der Waals surface area contributed by atoms with Gasteiger partial charge in [0, 0.05) is 24.0 Å². The number of nitrogens with zero attached hydrogens (tertiary/aromatic N) is 2. The molecule has 2 heterocycles. The molecule has 1 saturated heterocycles. The van der Waals surface area contributed by atoms with Gasteiger partial charge in [-0.3, -0.25) is 9.69 Å². The summed E-state index contributed by atoms with van der Waals surface area (Å²) in [5.74, 6) is 1.46. The average molecular weight is 460 g/mol. The van der Waals surface area contributed by atoms with Crippen LogP contribution in [0.15, 0.2) is 30.3 Å². The zero-order chi connectivity index (χ0) is 22.9.